The molecule has 92 valence electrons. The quantitative estimate of drug-likeness (QED) is 0.721. The molecule has 1 aromatic rings. The molecule has 1 N–H and O–H groups in total. The van der Waals surface area contributed by atoms with Gasteiger partial charge in [-0.05, 0) is 43.9 Å². The zero-order valence-electron chi connectivity index (χ0n) is 9.95. The highest BCUT2D eigenvalue weighted by atomic mass is 32.1. The number of nitrogens with zero attached hydrogens (tertiary/aromatic N) is 1. The molecule has 2 rings (SSSR count). The van der Waals surface area contributed by atoms with Crippen LogP contribution in [-0.4, -0.2) is 19.8 Å². The van der Waals surface area contributed by atoms with E-state index in [9.17, 15) is 0 Å². The lowest BCUT2D eigenvalue weighted by atomic mass is 10.4. The van der Waals surface area contributed by atoms with E-state index in [0.29, 0.717) is 0 Å². The molecule has 0 unspecified atom stereocenters. The molecule has 0 atom stereocenters. The van der Waals surface area contributed by atoms with Crippen LogP contribution in [0.5, 0.6) is 0 Å². The van der Waals surface area contributed by atoms with Crippen molar-refractivity contribution in [1.29, 1.82) is 5.26 Å². The number of ether oxygens (including phenoxy) is 1. The van der Waals surface area contributed by atoms with E-state index in [1.54, 1.807) is 11.3 Å². The van der Waals surface area contributed by atoms with Crippen LogP contribution in [0.1, 0.15) is 29.0 Å². The summed E-state index contributed by atoms with van der Waals surface area (Å²) >= 11 is 1.56. The largest absolute Gasteiger partial charge is 0.381 e. The molecule has 0 saturated heterocycles. The van der Waals surface area contributed by atoms with Gasteiger partial charge in [0.1, 0.15) is 10.9 Å². The standard InChI is InChI=1S/C13H18N2OS/c14-8-12-4-5-13(17-12)9-15-6-1-7-16-10-11-2-3-11/h4-5,11,15H,1-3,6-7,9-10H2. The summed E-state index contributed by atoms with van der Waals surface area (Å²) in [5.74, 6) is 0.860. The van der Waals surface area contributed by atoms with Gasteiger partial charge < -0.3 is 10.1 Å². The van der Waals surface area contributed by atoms with E-state index in [2.05, 4.69) is 11.4 Å². The van der Waals surface area contributed by atoms with Gasteiger partial charge in [-0.15, -0.1) is 11.3 Å². The predicted molar refractivity (Wildman–Crippen MR) is 68.9 cm³/mol. The number of nitrogens with one attached hydrogen (secondary N) is 1. The second kappa shape index (κ2) is 6.75. The summed E-state index contributed by atoms with van der Waals surface area (Å²) in [6.45, 7) is 3.65. The molecule has 1 aliphatic carbocycles. The number of hydrogen-bond donors (Lipinski definition) is 1. The van der Waals surface area contributed by atoms with Gasteiger partial charge in [-0.25, -0.2) is 0 Å². The number of thiophene rings is 1. The van der Waals surface area contributed by atoms with Gasteiger partial charge in [0, 0.05) is 24.6 Å². The minimum atomic E-state index is 0.787. The molecule has 0 aromatic carbocycles. The average molecular weight is 250 g/mol. The summed E-state index contributed by atoms with van der Waals surface area (Å²) in [7, 11) is 0. The summed E-state index contributed by atoms with van der Waals surface area (Å²) in [5.41, 5.74) is 0. The number of hydrogen-bond acceptors (Lipinski definition) is 4. The normalized spacial score (nSPS) is 14.8. The van der Waals surface area contributed by atoms with Crippen LogP contribution in [0.15, 0.2) is 12.1 Å². The molecule has 1 aliphatic rings. The van der Waals surface area contributed by atoms with Gasteiger partial charge in [0.15, 0.2) is 0 Å². The Morgan fingerprint density at radius 1 is 1.47 bits per heavy atom. The molecule has 1 fully saturated rings. The Morgan fingerprint density at radius 3 is 3.06 bits per heavy atom. The molecule has 1 aromatic heterocycles. The van der Waals surface area contributed by atoms with Crippen LogP contribution in [0.4, 0.5) is 0 Å². The first-order valence-corrected chi connectivity index (χ1v) is 6.97. The fraction of sp³-hybridized carbons (Fsp3) is 0.615. The maximum Gasteiger partial charge on any atom is 0.110 e. The molecule has 3 nitrogen and oxygen atoms in total. The molecule has 0 bridgehead atoms. The molecule has 0 aliphatic heterocycles. The Hall–Kier alpha value is -0.890. The zero-order chi connectivity index (χ0) is 11.9. The molecule has 0 radical (unpaired) electrons. The summed E-state index contributed by atoms with van der Waals surface area (Å²) < 4.78 is 5.55. The minimum absolute atomic E-state index is 0.787. The van der Waals surface area contributed by atoms with Gasteiger partial charge in [0.2, 0.25) is 0 Å². The lowest BCUT2D eigenvalue weighted by Crippen LogP contribution is -2.15. The summed E-state index contributed by atoms with van der Waals surface area (Å²) in [6.07, 6.45) is 3.78. The highest BCUT2D eigenvalue weighted by molar-refractivity contribution is 7.12. The van der Waals surface area contributed by atoms with Gasteiger partial charge >= 0.3 is 0 Å². The van der Waals surface area contributed by atoms with Crippen molar-refractivity contribution in [3.63, 3.8) is 0 Å². The Balaban J connectivity index is 1.46. The molecule has 1 saturated carbocycles. The number of rotatable bonds is 8. The SMILES string of the molecule is N#Cc1ccc(CNCCCOCC2CC2)s1. The van der Waals surface area contributed by atoms with E-state index in [1.165, 1.54) is 17.7 Å². The molecule has 0 amide bonds. The van der Waals surface area contributed by atoms with Crippen molar-refractivity contribution in [2.75, 3.05) is 19.8 Å². The van der Waals surface area contributed by atoms with E-state index < -0.39 is 0 Å². The second-order valence-electron chi connectivity index (χ2n) is 4.43. The fourth-order valence-electron chi connectivity index (χ4n) is 1.58. The van der Waals surface area contributed by atoms with E-state index >= 15 is 0 Å². The third-order valence-corrected chi connectivity index (χ3v) is 3.75. The summed E-state index contributed by atoms with van der Waals surface area (Å²) in [4.78, 5) is 2.01. The topological polar surface area (TPSA) is 45.0 Å². The molecule has 1 heterocycles. The molecule has 17 heavy (non-hydrogen) atoms. The van der Waals surface area contributed by atoms with Gasteiger partial charge in [-0.3, -0.25) is 0 Å². The Morgan fingerprint density at radius 2 is 2.35 bits per heavy atom. The van der Waals surface area contributed by atoms with Crippen LogP contribution < -0.4 is 5.32 Å². The van der Waals surface area contributed by atoms with E-state index in [-0.39, 0.29) is 0 Å². The Kier molecular flexibility index (Phi) is 4.99. The van der Waals surface area contributed by atoms with Crippen LogP contribution in [0.25, 0.3) is 0 Å². The first-order valence-electron chi connectivity index (χ1n) is 6.16. The van der Waals surface area contributed by atoms with Crippen LogP contribution in [0, 0.1) is 17.2 Å². The Labute approximate surface area is 106 Å². The summed E-state index contributed by atoms with van der Waals surface area (Å²) in [5, 5.41) is 12.1. The maximum absolute atomic E-state index is 8.69. The van der Waals surface area contributed by atoms with E-state index in [4.69, 9.17) is 10.00 Å². The monoisotopic (exact) mass is 250 g/mol. The van der Waals surface area contributed by atoms with Gasteiger partial charge in [0.25, 0.3) is 0 Å². The van der Waals surface area contributed by atoms with Gasteiger partial charge in [-0.1, -0.05) is 0 Å². The van der Waals surface area contributed by atoms with Crippen molar-refractivity contribution < 1.29 is 4.74 Å². The van der Waals surface area contributed by atoms with Crippen molar-refractivity contribution >= 4 is 11.3 Å². The van der Waals surface area contributed by atoms with Gasteiger partial charge in [-0.2, -0.15) is 5.26 Å². The summed E-state index contributed by atoms with van der Waals surface area (Å²) in [6, 6.07) is 6.04. The fourth-order valence-corrected chi connectivity index (χ4v) is 2.35. The Bertz CT molecular complexity index is 379. The third-order valence-electron chi connectivity index (χ3n) is 2.76. The van der Waals surface area contributed by atoms with Crippen molar-refractivity contribution in [3.05, 3.63) is 21.9 Å². The lowest BCUT2D eigenvalue weighted by Gasteiger charge is -2.04. The lowest BCUT2D eigenvalue weighted by molar-refractivity contribution is 0.122. The number of nitriles is 1. The maximum atomic E-state index is 8.69. The first kappa shape index (κ1) is 12.6. The van der Waals surface area contributed by atoms with Crippen molar-refractivity contribution in [2.45, 2.75) is 25.8 Å². The van der Waals surface area contributed by atoms with E-state index in [1.807, 2.05) is 12.1 Å². The van der Waals surface area contributed by atoms with Crippen molar-refractivity contribution in [2.24, 2.45) is 5.92 Å². The molecular formula is C13H18N2OS. The third kappa shape index (κ3) is 4.86. The predicted octanol–water partition coefficient (Wildman–Crippen LogP) is 2.53. The zero-order valence-corrected chi connectivity index (χ0v) is 10.8. The van der Waals surface area contributed by atoms with E-state index in [0.717, 1.165) is 43.5 Å². The van der Waals surface area contributed by atoms with Crippen LogP contribution in [0.2, 0.25) is 0 Å². The molecule has 4 heteroatoms. The van der Waals surface area contributed by atoms with Gasteiger partial charge in [0.05, 0.1) is 0 Å². The molecule has 0 spiro atoms. The van der Waals surface area contributed by atoms with Crippen molar-refractivity contribution in [1.82, 2.24) is 5.32 Å². The highest BCUT2D eigenvalue weighted by Crippen LogP contribution is 2.28. The van der Waals surface area contributed by atoms with Crippen LogP contribution in [0.3, 0.4) is 0 Å². The van der Waals surface area contributed by atoms with Crippen LogP contribution in [-0.2, 0) is 11.3 Å². The average Bonchev–Trinajstić information content (AvgIpc) is 3.05. The molecular weight excluding hydrogens is 232 g/mol. The van der Waals surface area contributed by atoms with Crippen molar-refractivity contribution in [3.8, 4) is 6.07 Å². The minimum Gasteiger partial charge on any atom is -0.381 e. The smallest absolute Gasteiger partial charge is 0.110 e. The highest BCUT2D eigenvalue weighted by Gasteiger charge is 2.20. The second-order valence-corrected chi connectivity index (χ2v) is 5.59. The first-order chi connectivity index (χ1) is 8.38. The van der Waals surface area contributed by atoms with Crippen LogP contribution >= 0.6 is 11.3 Å².